The molecule has 1 amide bonds. The smallest absolute Gasteiger partial charge is 0.241 e. The van der Waals surface area contributed by atoms with Crippen molar-refractivity contribution in [2.45, 2.75) is 32.7 Å². The van der Waals surface area contributed by atoms with Gasteiger partial charge >= 0.3 is 0 Å². The fourth-order valence-electron chi connectivity index (χ4n) is 2.72. The van der Waals surface area contributed by atoms with Crippen molar-refractivity contribution in [1.29, 1.82) is 0 Å². The van der Waals surface area contributed by atoms with Crippen LogP contribution in [0.1, 0.15) is 25.8 Å². The van der Waals surface area contributed by atoms with Crippen molar-refractivity contribution in [3.8, 4) is 0 Å². The summed E-state index contributed by atoms with van der Waals surface area (Å²) in [6.07, 6.45) is 1.77. The number of hydrogen-bond donors (Lipinski definition) is 2. The van der Waals surface area contributed by atoms with Crippen LogP contribution in [0.4, 0.5) is 5.69 Å². The summed E-state index contributed by atoms with van der Waals surface area (Å²) in [6, 6.07) is 7.71. The molecule has 0 spiro atoms. The van der Waals surface area contributed by atoms with E-state index in [-0.39, 0.29) is 5.91 Å². The van der Waals surface area contributed by atoms with Crippen LogP contribution in [0.2, 0.25) is 0 Å². The molecule has 1 aromatic carbocycles. The highest BCUT2D eigenvalue weighted by Gasteiger charge is 2.15. The van der Waals surface area contributed by atoms with E-state index in [1.165, 1.54) is 30.2 Å². The van der Waals surface area contributed by atoms with Crippen LogP contribution >= 0.6 is 11.8 Å². The van der Waals surface area contributed by atoms with Crippen LogP contribution in [0.25, 0.3) is 0 Å². The molecule has 0 aliphatic carbocycles. The summed E-state index contributed by atoms with van der Waals surface area (Å²) < 4.78 is 0. The normalized spacial score (nSPS) is 17.2. The SMILES string of the molecule is CC(C)C[C@H](N)C(=O)Nc1ccc(CCN2CCSCC2)cc1. The van der Waals surface area contributed by atoms with Crippen molar-refractivity contribution in [2.24, 2.45) is 11.7 Å². The highest BCUT2D eigenvalue weighted by atomic mass is 32.2. The molecular formula is C18H29N3OS. The molecular weight excluding hydrogens is 306 g/mol. The van der Waals surface area contributed by atoms with Gasteiger partial charge in [-0.1, -0.05) is 26.0 Å². The lowest BCUT2D eigenvalue weighted by Crippen LogP contribution is -2.36. The maximum Gasteiger partial charge on any atom is 0.241 e. The molecule has 1 heterocycles. The number of hydrogen-bond acceptors (Lipinski definition) is 4. The molecule has 4 nitrogen and oxygen atoms in total. The van der Waals surface area contributed by atoms with Crippen LogP contribution in [-0.2, 0) is 11.2 Å². The van der Waals surface area contributed by atoms with Gasteiger partial charge in [0.15, 0.2) is 0 Å². The van der Waals surface area contributed by atoms with E-state index >= 15 is 0 Å². The number of amides is 1. The Hall–Kier alpha value is -1.04. The van der Waals surface area contributed by atoms with E-state index in [2.05, 4.69) is 36.2 Å². The molecule has 0 unspecified atom stereocenters. The van der Waals surface area contributed by atoms with E-state index in [1.807, 2.05) is 23.9 Å². The van der Waals surface area contributed by atoms with Gasteiger partial charge in [0.1, 0.15) is 0 Å². The summed E-state index contributed by atoms with van der Waals surface area (Å²) in [5.41, 5.74) is 8.05. The third kappa shape index (κ3) is 6.53. The van der Waals surface area contributed by atoms with Gasteiger partial charge in [0, 0.05) is 36.8 Å². The van der Waals surface area contributed by atoms with Gasteiger partial charge < -0.3 is 16.0 Å². The van der Waals surface area contributed by atoms with Crippen LogP contribution in [0.15, 0.2) is 24.3 Å². The van der Waals surface area contributed by atoms with Crippen LogP contribution in [0.5, 0.6) is 0 Å². The zero-order chi connectivity index (χ0) is 16.7. The number of carbonyl (C=O) groups excluding carboxylic acids is 1. The van der Waals surface area contributed by atoms with Gasteiger partial charge in [0.05, 0.1) is 6.04 Å². The number of rotatable bonds is 7. The van der Waals surface area contributed by atoms with Gasteiger partial charge in [-0.2, -0.15) is 11.8 Å². The number of nitrogens with zero attached hydrogens (tertiary/aromatic N) is 1. The number of carbonyl (C=O) groups is 1. The van der Waals surface area contributed by atoms with Gasteiger partial charge in [-0.25, -0.2) is 0 Å². The minimum atomic E-state index is -0.438. The Balaban J connectivity index is 1.78. The average Bonchev–Trinajstić information content (AvgIpc) is 2.54. The quantitative estimate of drug-likeness (QED) is 0.804. The first-order chi connectivity index (χ1) is 11.0. The van der Waals surface area contributed by atoms with E-state index in [4.69, 9.17) is 5.73 Å². The molecule has 2 rings (SSSR count). The molecule has 0 radical (unpaired) electrons. The summed E-state index contributed by atoms with van der Waals surface area (Å²) in [4.78, 5) is 14.5. The molecule has 3 N–H and O–H groups in total. The molecule has 1 aliphatic heterocycles. The predicted octanol–water partition coefficient (Wildman–Crippen LogP) is 2.59. The zero-order valence-electron chi connectivity index (χ0n) is 14.3. The number of thioether (sulfide) groups is 1. The van der Waals surface area contributed by atoms with Crippen molar-refractivity contribution in [1.82, 2.24) is 4.90 Å². The number of benzene rings is 1. The van der Waals surface area contributed by atoms with Crippen molar-refractivity contribution < 1.29 is 4.79 Å². The largest absolute Gasteiger partial charge is 0.325 e. The Kier molecular flexibility index (Phi) is 7.40. The average molecular weight is 336 g/mol. The first-order valence-electron chi connectivity index (χ1n) is 8.50. The first-order valence-corrected chi connectivity index (χ1v) is 9.65. The summed E-state index contributed by atoms with van der Waals surface area (Å²) in [5, 5.41) is 2.90. The maximum absolute atomic E-state index is 12.0. The highest BCUT2D eigenvalue weighted by Crippen LogP contribution is 2.14. The van der Waals surface area contributed by atoms with Crippen LogP contribution < -0.4 is 11.1 Å². The van der Waals surface area contributed by atoms with Crippen LogP contribution in [0.3, 0.4) is 0 Å². The van der Waals surface area contributed by atoms with E-state index in [1.54, 1.807) is 0 Å². The molecule has 1 aliphatic rings. The van der Waals surface area contributed by atoms with Crippen molar-refractivity contribution in [2.75, 3.05) is 36.5 Å². The van der Waals surface area contributed by atoms with Crippen molar-refractivity contribution >= 4 is 23.4 Å². The standard InChI is InChI=1S/C18H29N3OS/c1-14(2)13-17(19)18(22)20-16-5-3-15(4-6-16)7-8-21-9-11-23-12-10-21/h3-6,14,17H,7-13,19H2,1-2H3,(H,20,22)/t17-/m0/s1. The molecule has 23 heavy (non-hydrogen) atoms. The number of nitrogens with two attached hydrogens (primary N) is 1. The molecule has 0 aromatic heterocycles. The monoisotopic (exact) mass is 335 g/mol. The third-order valence-electron chi connectivity index (χ3n) is 4.10. The Morgan fingerprint density at radius 3 is 2.52 bits per heavy atom. The zero-order valence-corrected chi connectivity index (χ0v) is 15.1. The van der Waals surface area contributed by atoms with E-state index in [0.29, 0.717) is 12.3 Å². The van der Waals surface area contributed by atoms with Crippen molar-refractivity contribution in [3.63, 3.8) is 0 Å². The maximum atomic E-state index is 12.0. The lowest BCUT2D eigenvalue weighted by Gasteiger charge is -2.26. The number of nitrogens with one attached hydrogen (secondary N) is 1. The summed E-state index contributed by atoms with van der Waals surface area (Å²) >= 11 is 2.04. The third-order valence-corrected chi connectivity index (χ3v) is 5.05. The molecule has 1 fully saturated rings. The molecule has 0 saturated carbocycles. The topological polar surface area (TPSA) is 58.4 Å². The van der Waals surface area contributed by atoms with Crippen LogP contribution in [0, 0.1) is 5.92 Å². The summed E-state index contributed by atoms with van der Waals surface area (Å²) in [5.74, 6) is 2.83. The lowest BCUT2D eigenvalue weighted by atomic mass is 10.0. The minimum Gasteiger partial charge on any atom is -0.325 e. The predicted molar refractivity (Wildman–Crippen MR) is 100.0 cm³/mol. The Morgan fingerprint density at radius 2 is 1.91 bits per heavy atom. The van der Waals surface area contributed by atoms with E-state index in [9.17, 15) is 4.79 Å². The van der Waals surface area contributed by atoms with Gasteiger partial charge in [-0.15, -0.1) is 0 Å². The summed E-state index contributed by atoms with van der Waals surface area (Å²) in [6.45, 7) is 7.66. The van der Waals surface area contributed by atoms with Gasteiger partial charge in [-0.3, -0.25) is 4.79 Å². The van der Waals surface area contributed by atoms with E-state index in [0.717, 1.165) is 18.7 Å². The molecule has 1 atom stereocenters. The highest BCUT2D eigenvalue weighted by molar-refractivity contribution is 7.99. The Bertz CT molecular complexity index is 484. The molecule has 1 saturated heterocycles. The van der Waals surface area contributed by atoms with Gasteiger partial charge in [-0.05, 0) is 36.5 Å². The van der Waals surface area contributed by atoms with Crippen molar-refractivity contribution in [3.05, 3.63) is 29.8 Å². The number of anilines is 1. The minimum absolute atomic E-state index is 0.0998. The van der Waals surface area contributed by atoms with Crippen LogP contribution in [-0.4, -0.2) is 48.0 Å². The molecule has 128 valence electrons. The Morgan fingerprint density at radius 1 is 1.26 bits per heavy atom. The second kappa shape index (κ2) is 9.30. The Labute approximate surface area is 144 Å². The van der Waals surface area contributed by atoms with E-state index < -0.39 is 6.04 Å². The lowest BCUT2D eigenvalue weighted by molar-refractivity contribution is -0.117. The van der Waals surface area contributed by atoms with Gasteiger partial charge in [0.2, 0.25) is 5.91 Å². The molecule has 1 aromatic rings. The molecule has 0 bridgehead atoms. The summed E-state index contributed by atoms with van der Waals surface area (Å²) in [7, 11) is 0. The first kappa shape index (κ1) is 18.3. The second-order valence-corrected chi connectivity index (χ2v) is 7.85. The van der Waals surface area contributed by atoms with Gasteiger partial charge in [0.25, 0.3) is 0 Å². The molecule has 5 heteroatoms. The second-order valence-electron chi connectivity index (χ2n) is 6.63. The fourth-order valence-corrected chi connectivity index (χ4v) is 3.70. The fraction of sp³-hybridized carbons (Fsp3) is 0.611.